The predicted molar refractivity (Wildman–Crippen MR) is 110 cm³/mol. The van der Waals surface area contributed by atoms with Crippen LogP contribution in [-0.4, -0.2) is 61.1 Å². The minimum absolute atomic E-state index is 0.0569. The van der Waals surface area contributed by atoms with Crippen molar-refractivity contribution in [2.24, 2.45) is 11.8 Å². The lowest BCUT2D eigenvalue weighted by Crippen LogP contribution is -2.43. The molecule has 0 aromatic heterocycles. The summed E-state index contributed by atoms with van der Waals surface area (Å²) in [5.41, 5.74) is 1.83. The number of benzene rings is 1. The van der Waals surface area contributed by atoms with Crippen molar-refractivity contribution in [3.8, 4) is 5.75 Å². The Morgan fingerprint density at radius 2 is 1.76 bits per heavy atom. The van der Waals surface area contributed by atoms with Gasteiger partial charge >= 0.3 is 0 Å². The van der Waals surface area contributed by atoms with Crippen LogP contribution in [0.3, 0.4) is 0 Å². The summed E-state index contributed by atoms with van der Waals surface area (Å²) in [6, 6.07) is 7.40. The third kappa shape index (κ3) is 3.90. The van der Waals surface area contributed by atoms with Crippen LogP contribution >= 0.6 is 0 Å². The number of ether oxygens (including phenoxy) is 2. The fourth-order valence-corrected chi connectivity index (χ4v) is 4.88. The van der Waals surface area contributed by atoms with Crippen LogP contribution < -0.4 is 4.74 Å². The first-order valence-corrected chi connectivity index (χ1v) is 10.6. The normalized spacial score (nSPS) is 27.9. The Morgan fingerprint density at radius 3 is 2.34 bits per heavy atom. The van der Waals surface area contributed by atoms with Crippen molar-refractivity contribution in [1.29, 1.82) is 0 Å². The molecule has 0 aliphatic carbocycles. The van der Waals surface area contributed by atoms with Gasteiger partial charge in [-0.05, 0) is 48.8 Å². The summed E-state index contributed by atoms with van der Waals surface area (Å²) in [6.07, 6.45) is 2.96. The lowest BCUT2D eigenvalue weighted by atomic mass is 9.91. The standard InChI is InChI=1S/C23H30N2O4/c1-15-11-16(2)13-24(12-15)21-20(17-6-8-18(28-3)9-7-17)22(26)25(23(21)27)14-19-5-4-10-29-19/h6-9,15-16,19H,4-5,10-14H2,1-3H3. The van der Waals surface area contributed by atoms with E-state index >= 15 is 0 Å². The molecule has 0 radical (unpaired) electrons. The Kier molecular flexibility index (Phi) is 5.63. The zero-order chi connectivity index (χ0) is 20.5. The number of methoxy groups -OCH3 is 1. The Hall–Kier alpha value is -2.34. The maximum absolute atomic E-state index is 13.4. The van der Waals surface area contributed by atoms with E-state index in [1.165, 1.54) is 4.90 Å². The number of hydrogen-bond donors (Lipinski definition) is 0. The maximum atomic E-state index is 13.4. The van der Waals surface area contributed by atoms with Gasteiger partial charge in [0.25, 0.3) is 11.8 Å². The number of rotatable bonds is 5. The second-order valence-electron chi connectivity index (χ2n) is 8.66. The Balaban J connectivity index is 1.71. The highest BCUT2D eigenvalue weighted by Crippen LogP contribution is 2.36. The third-order valence-corrected chi connectivity index (χ3v) is 6.12. The van der Waals surface area contributed by atoms with E-state index in [1.54, 1.807) is 7.11 Å². The molecule has 3 aliphatic heterocycles. The van der Waals surface area contributed by atoms with Gasteiger partial charge < -0.3 is 14.4 Å². The summed E-state index contributed by atoms with van der Waals surface area (Å²) in [5.74, 6) is 1.30. The summed E-state index contributed by atoms with van der Waals surface area (Å²) < 4.78 is 11.0. The zero-order valence-electron chi connectivity index (χ0n) is 17.5. The molecule has 6 nitrogen and oxygen atoms in total. The number of hydrogen-bond acceptors (Lipinski definition) is 5. The van der Waals surface area contributed by atoms with Gasteiger partial charge in [-0.25, -0.2) is 0 Å². The Labute approximate surface area is 172 Å². The van der Waals surface area contributed by atoms with Crippen molar-refractivity contribution >= 4 is 17.4 Å². The number of likely N-dealkylation sites (tertiary alicyclic amines) is 1. The minimum Gasteiger partial charge on any atom is -0.497 e. The van der Waals surface area contributed by atoms with Gasteiger partial charge in [0.1, 0.15) is 11.4 Å². The molecule has 3 aliphatic rings. The van der Waals surface area contributed by atoms with Gasteiger partial charge in [0, 0.05) is 19.7 Å². The van der Waals surface area contributed by atoms with Gasteiger partial charge in [0.05, 0.1) is 25.3 Å². The number of amides is 2. The summed E-state index contributed by atoms with van der Waals surface area (Å²) in [6.45, 7) is 7.05. The van der Waals surface area contributed by atoms with Crippen LogP contribution in [0.4, 0.5) is 0 Å². The van der Waals surface area contributed by atoms with E-state index in [4.69, 9.17) is 9.47 Å². The Bertz CT molecular complexity index is 801. The lowest BCUT2D eigenvalue weighted by molar-refractivity contribution is -0.139. The van der Waals surface area contributed by atoms with E-state index < -0.39 is 0 Å². The van der Waals surface area contributed by atoms with Gasteiger partial charge in [-0.1, -0.05) is 26.0 Å². The highest BCUT2D eigenvalue weighted by atomic mass is 16.5. The molecular weight excluding hydrogens is 368 g/mol. The van der Waals surface area contributed by atoms with E-state index in [2.05, 4.69) is 18.7 Å². The number of carbonyl (C=O) groups is 2. The summed E-state index contributed by atoms with van der Waals surface area (Å²) in [4.78, 5) is 30.4. The van der Waals surface area contributed by atoms with E-state index in [9.17, 15) is 9.59 Å². The van der Waals surface area contributed by atoms with E-state index in [0.717, 1.165) is 43.7 Å². The van der Waals surface area contributed by atoms with Crippen molar-refractivity contribution in [2.75, 3.05) is 33.4 Å². The van der Waals surface area contributed by atoms with E-state index in [0.29, 0.717) is 36.3 Å². The first-order chi connectivity index (χ1) is 14.0. The third-order valence-electron chi connectivity index (χ3n) is 6.12. The van der Waals surface area contributed by atoms with Gasteiger partial charge in [-0.15, -0.1) is 0 Å². The van der Waals surface area contributed by atoms with Crippen LogP contribution in [0.5, 0.6) is 5.75 Å². The number of imide groups is 1. The van der Waals surface area contributed by atoms with E-state index in [-0.39, 0.29) is 17.9 Å². The fourth-order valence-electron chi connectivity index (χ4n) is 4.88. The number of carbonyl (C=O) groups excluding carboxylic acids is 2. The molecule has 0 N–H and O–H groups in total. The first kappa shape index (κ1) is 20.0. The van der Waals surface area contributed by atoms with Crippen molar-refractivity contribution in [3.05, 3.63) is 35.5 Å². The molecule has 2 fully saturated rings. The molecular formula is C23H30N2O4. The van der Waals surface area contributed by atoms with Crippen LogP contribution in [-0.2, 0) is 14.3 Å². The van der Waals surface area contributed by atoms with Crippen molar-refractivity contribution in [1.82, 2.24) is 9.80 Å². The predicted octanol–water partition coefficient (Wildman–Crippen LogP) is 2.93. The molecule has 3 heterocycles. The topological polar surface area (TPSA) is 59.1 Å². The second-order valence-corrected chi connectivity index (χ2v) is 8.66. The summed E-state index contributed by atoms with van der Waals surface area (Å²) in [5, 5.41) is 0. The average Bonchev–Trinajstić information content (AvgIpc) is 3.29. The SMILES string of the molecule is COc1ccc(C2=C(N3CC(C)CC(C)C3)C(=O)N(CC3CCCO3)C2=O)cc1. The first-order valence-electron chi connectivity index (χ1n) is 10.6. The number of nitrogens with zero attached hydrogens (tertiary/aromatic N) is 2. The van der Waals surface area contributed by atoms with Gasteiger partial charge in [0.15, 0.2) is 0 Å². The van der Waals surface area contributed by atoms with Crippen molar-refractivity contribution < 1.29 is 19.1 Å². The van der Waals surface area contributed by atoms with Crippen LogP contribution in [0.2, 0.25) is 0 Å². The highest BCUT2D eigenvalue weighted by molar-refractivity contribution is 6.35. The molecule has 1 aromatic carbocycles. The van der Waals surface area contributed by atoms with Crippen LogP contribution in [0, 0.1) is 11.8 Å². The molecule has 29 heavy (non-hydrogen) atoms. The smallest absolute Gasteiger partial charge is 0.277 e. The molecule has 1 aromatic rings. The van der Waals surface area contributed by atoms with Crippen molar-refractivity contribution in [2.45, 2.75) is 39.2 Å². The average molecular weight is 399 g/mol. The number of piperidine rings is 1. The lowest BCUT2D eigenvalue weighted by Gasteiger charge is -2.37. The van der Waals surface area contributed by atoms with E-state index in [1.807, 2.05) is 24.3 Å². The molecule has 2 amide bonds. The van der Waals surface area contributed by atoms with Gasteiger partial charge in [-0.3, -0.25) is 14.5 Å². The quantitative estimate of drug-likeness (QED) is 0.714. The summed E-state index contributed by atoms with van der Waals surface area (Å²) in [7, 11) is 1.61. The molecule has 156 valence electrons. The molecule has 0 saturated carbocycles. The second kappa shape index (κ2) is 8.19. The summed E-state index contributed by atoms with van der Waals surface area (Å²) >= 11 is 0. The van der Waals surface area contributed by atoms with Crippen molar-refractivity contribution in [3.63, 3.8) is 0 Å². The molecule has 6 heteroatoms. The molecule has 2 saturated heterocycles. The molecule has 3 atom stereocenters. The molecule has 0 spiro atoms. The molecule has 4 rings (SSSR count). The van der Waals surface area contributed by atoms with Gasteiger partial charge in [-0.2, -0.15) is 0 Å². The Morgan fingerprint density at radius 1 is 1.07 bits per heavy atom. The highest BCUT2D eigenvalue weighted by Gasteiger charge is 2.43. The van der Waals surface area contributed by atoms with Gasteiger partial charge in [0.2, 0.25) is 0 Å². The zero-order valence-corrected chi connectivity index (χ0v) is 17.5. The molecule has 3 unspecified atom stereocenters. The fraction of sp³-hybridized carbons (Fsp3) is 0.565. The minimum atomic E-state index is -0.212. The van der Waals surface area contributed by atoms with Crippen LogP contribution in [0.15, 0.2) is 30.0 Å². The maximum Gasteiger partial charge on any atom is 0.277 e. The monoisotopic (exact) mass is 398 g/mol. The largest absolute Gasteiger partial charge is 0.497 e. The van der Waals surface area contributed by atoms with Crippen LogP contribution in [0.25, 0.3) is 5.57 Å². The van der Waals surface area contributed by atoms with Crippen LogP contribution in [0.1, 0.15) is 38.7 Å². The molecule has 0 bridgehead atoms.